The molecule has 0 saturated heterocycles. The van der Waals surface area contributed by atoms with E-state index in [0.717, 1.165) is 25.7 Å². The number of allylic oxidation sites excluding steroid dienone is 8. The smallest absolute Gasteiger partial charge is 1.00 e. The second kappa shape index (κ2) is 14.5. The van der Waals surface area contributed by atoms with Gasteiger partial charge in [-0.1, -0.05) is 26.7 Å². The van der Waals surface area contributed by atoms with Crippen LogP contribution in [0, 0.1) is 12.2 Å². The topological polar surface area (TPSA) is 0 Å². The fourth-order valence-corrected chi connectivity index (χ4v) is 1.39. The summed E-state index contributed by atoms with van der Waals surface area (Å²) in [6.07, 6.45) is 19.3. The van der Waals surface area contributed by atoms with Crippen molar-refractivity contribution in [2.45, 2.75) is 39.5 Å². The predicted molar refractivity (Wildman–Crippen MR) is 61.6 cm³/mol. The first-order chi connectivity index (χ1) is 6.86. The van der Waals surface area contributed by atoms with Crippen molar-refractivity contribution in [3.05, 3.63) is 47.6 Å². The quantitative estimate of drug-likeness (QED) is 0.354. The Balaban J connectivity index is -0.000000196. The van der Waals surface area contributed by atoms with Crippen LogP contribution < -0.4 is 24.8 Å². The Kier molecular flexibility index (Phi) is 19.2. The molecule has 0 spiro atoms. The third-order valence-electron chi connectivity index (χ3n) is 2.29. The van der Waals surface area contributed by atoms with E-state index in [1.807, 2.05) is 0 Å². The van der Waals surface area contributed by atoms with Gasteiger partial charge in [-0.05, 0) is 0 Å². The molecule has 0 fully saturated rings. The van der Waals surface area contributed by atoms with E-state index in [1.165, 1.54) is 11.1 Å². The SMILES string of the molecule is CCC1=[C-]CC=C1.CCC1=[C-]CC=C1.[Cl-].[Cl-].[Hf+4]. The van der Waals surface area contributed by atoms with Crippen LogP contribution in [0.15, 0.2) is 35.5 Å². The van der Waals surface area contributed by atoms with Crippen LogP contribution in [0.2, 0.25) is 0 Å². The van der Waals surface area contributed by atoms with E-state index in [-0.39, 0.29) is 50.7 Å². The molecule has 0 bridgehead atoms. The zero-order valence-corrected chi connectivity index (χ0v) is 15.5. The van der Waals surface area contributed by atoms with Crippen LogP contribution in [-0.2, 0) is 25.8 Å². The molecule has 0 N–H and O–H groups in total. The van der Waals surface area contributed by atoms with Gasteiger partial charge in [0.1, 0.15) is 0 Å². The molecule has 3 heteroatoms. The predicted octanol–water partition coefficient (Wildman–Crippen LogP) is -1.82. The van der Waals surface area contributed by atoms with Gasteiger partial charge in [-0.2, -0.15) is 12.2 Å². The molecule has 92 valence electrons. The van der Waals surface area contributed by atoms with E-state index in [4.69, 9.17) is 0 Å². The van der Waals surface area contributed by atoms with Crippen LogP contribution in [-0.4, -0.2) is 0 Å². The molecular weight excluding hydrogens is 418 g/mol. The zero-order valence-electron chi connectivity index (χ0n) is 10.4. The first kappa shape index (κ1) is 22.6. The summed E-state index contributed by atoms with van der Waals surface area (Å²) in [4.78, 5) is 0. The van der Waals surface area contributed by atoms with Gasteiger partial charge in [-0.15, -0.1) is 12.8 Å². The van der Waals surface area contributed by atoms with Crippen molar-refractivity contribution in [2.24, 2.45) is 0 Å². The third kappa shape index (κ3) is 10.1. The molecule has 2 aliphatic carbocycles. The number of hydrogen-bond donors (Lipinski definition) is 0. The van der Waals surface area contributed by atoms with E-state index in [9.17, 15) is 0 Å². The largest absolute Gasteiger partial charge is 4.00 e. The molecular formula is C14H18Cl2Hf. The molecule has 0 aromatic rings. The van der Waals surface area contributed by atoms with Gasteiger partial charge in [0.2, 0.25) is 0 Å². The molecule has 0 radical (unpaired) electrons. The van der Waals surface area contributed by atoms with Gasteiger partial charge < -0.3 is 24.8 Å². The van der Waals surface area contributed by atoms with E-state index in [0.29, 0.717) is 0 Å². The van der Waals surface area contributed by atoms with Crippen molar-refractivity contribution in [2.75, 3.05) is 0 Å². The van der Waals surface area contributed by atoms with Crippen LogP contribution in [0.25, 0.3) is 0 Å². The Hall–Kier alpha value is 0.410. The Morgan fingerprint density at radius 2 is 1.24 bits per heavy atom. The van der Waals surface area contributed by atoms with Crippen LogP contribution in [0.1, 0.15) is 39.5 Å². The summed E-state index contributed by atoms with van der Waals surface area (Å²) in [5.41, 5.74) is 2.72. The maximum atomic E-state index is 3.21. The van der Waals surface area contributed by atoms with Gasteiger partial charge in [-0.25, -0.2) is 23.3 Å². The van der Waals surface area contributed by atoms with Crippen molar-refractivity contribution in [3.63, 3.8) is 0 Å². The monoisotopic (exact) mass is 436 g/mol. The van der Waals surface area contributed by atoms with Crippen molar-refractivity contribution < 1.29 is 50.7 Å². The molecule has 2 rings (SSSR count). The van der Waals surface area contributed by atoms with Gasteiger partial charge in [0.15, 0.2) is 0 Å². The number of rotatable bonds is 2. The third-order valence-corrected chi connectivity index (χ3v) is 2.29. The Morgan fingerprint density at radius 1 is 0.882 bits per heavy atom. The van der Waals surface area contributed by atoms with Gasteiger partial charge in [0.25, 0.3) is 0 Å². The van der Waals surface area contributed by atoms with E-state index in [2.05, 4.69) is 50.3 Å². The molecule has 0 heterocycles. The van der Waals surface area contributed by atoms with E-state index < -0.39 is 0 Å². The second-order valence-electron chi connectivity index (χ2n) is 3.32. The summed E-state index contributed by atoms with van der Waals surface area (Å²) in [6.45, 7) is 4.30. The van der Waals surface area contributed by atoms with Gasteiger partial charge in [-0.3, -0.25) is 12.2 Å². The average molecular weight is 436 g/mol. The second-order valence-corrected chi connectivity index (χ2v) is 3.32. The zero-order chi connectivity index (χ0) is 10.2. The Labute approximate surface area is 137 Å². The summed E-state index contributed by atoms with van der Waals surface area (Å²) < 4.78 is 0. The number of halogens is 2. The maximum Gasteiger partial charge on any atom is 4.00 e. The summed E-state index contributed by atoms with van der Waals surface area (Å²) >= 11 is 0. The van der Waals surface area contributed by atoms with Crippen LogP contribution in [0.4, 0.5) is 0 Å². The molecule has 0 aromatic heterocycles. The van der Waals surface area contributed by atoms with Crippen molar-refractivity contribution in [1.29, 1.82) is 0 Å². The van der Waals surface area contributed by atoms with Gasteiger partial charge in [0.05, 0.1) is 0 Å². The first-order valence-electron chi connectivity index (χ1n) is 5.39. The molecule has 0 saturated carbocycles. The van der Waals surface area contributed by atoms with E-state index in [1.54, 1.807) is 0 Å². The molecule has 17 heavy (non-hydrogen) atoms. The summed E-state index contributed by atoms with van der Waals surface area (Å²) in [5.74, 6) is 0. The summed E-state index contributed by atoms with van der Waals surface area (Å²) in [7, 11) is 0. The van der Waals surface area contributed by atoms with Crippen LogP contribution in [0.5, 0.6) is 0 Å². The van der Waals surface area contributed by atoms with Gasteiger partial charge in [0, 0.05) is 0 Å². The van der Waals surface area contributed by atoms with Crippen molar-refractivity contribution in [1.82, 2.24) is 0 Å². The summed E-state index contributed by atoms with van der Waals surface area (Å²) in [5, 5.41) is 0. The fourth-order valence-electron chi connectivity index (χ4n) is 1.39. The molecule has 0 atom stereocenters. The normalized spacial score (nSPS) is 14.5. The minimum atomic E-state index is 0. The standard InChI is InChI=1S/2C7H9.2ClH.Hf/c2*1-2-7-5-3-4-6-7;;;/h2*3,5H,2,4H2,1H3;2*1H;/q2*-1;;;+4/p-2. The molecule has 0 aromatic carbocycles. The molecule has 0 nitrogen and oxygen atoms in total. The van der Waals surface area contributed by atoms with Crippen molar-refractivity contribution >= 4 is 0 Å². The Morgan fingerprint density at radius 3 is 1.35 bits per heavy atom. The van der Waals surface area contributed by atoms with Gasteiger partial charge >= 0.3 is 25.8 Å². The van der Waals surface area contributed by atoms with Crippen molar-refractivity contribution in [3.8, 4) is 0 Å². The number of hydrogen-bond acceptors (Lipinski definition) is 0. The molecule has 0 amide bonds. The molecule has 0 unspecified atom stereocenters. The Bertz CT molecular complexity index is 259. The fraction of sp³-hybridized carbons (Fsp3) is 0.429. The molecule has 0 aliphatic heterocycles. The first-order valence-corrected chi connectivity index (χ1v) is 5.39. The average Bonchev–Trinajstić information content (AvgIpc) is 2.92. The maximum absolute atomic E-state index is 3.21. The minimum Gasteiger partial charge on any atom is -1.00 e. The van der Waals surface area contributed by atoms with Crippen LogP contribution in [0.3, 0.4) is 0 Å². The summed E-state index contributed by atoms with van der Waals surface area (Å²) in [6, 6.07) is 0. The molecule has 2 aliphatic rings. The minimum absolute atomic E-state index is 0. The van der Waals surface area contributed by atoms with E-state index >= 15 is 0 Å². The van der Waals surface area contributed by atoms with Crippen LogP contribution >= 0.6 is 0 Å².